The average Bonchev–Trinajstić information content (AvgIpc) is 2.83. The van der Waals surface area contributed by atoms with E-state index in [0.29, 0.717) is 19.3 Å². The first-order valence-electron chi connectivity index (χ1n) is 11.9. The molecule has 5 atom stereocenters. The molecule has 0 saturated carbocycles. The fourth-order valence-corrected chi connectivity index (χ4v) is 3.35. The highest BCUT2D eigenvalue weighted by Gasteiger charge is 2.30. The Morgan fingerprint density at radius 1 is 0.972 bits per heavy atom. The summed E-state index contributed by atoms with van der Waals surface area (Å²) < 4.78 is 0. The molecule has 12 nitrogen and oxygen atoms in total. The third kappa shape index (κ3) is 10.7. The zero-order valence-corrected chi connectivity index (χ0v) is 21.1. The Kier molecular flexibility index (Phi) is 12.9. The standard InChI is InChI=1S/C24H39N7O5/c1-4-14(2)19(31-21(33)17(25)13-16-9-6-5-7-10-16)22(34)29-15(3)20(32)30-18(23(35)36)11-8-12-28-24(26)27/h5-7,9-10,14-15,17-19H,4,8,11-13,25H2,1-3H3,(H,29,34)(H,30,32)(H,31,33)(H,35,36)(H4,26,27,28). The van der Waals surface area contributed by atoms with E-state index < -0.39 is 47.9 Å². The molecule has 36 heavy (non-hydrogen) atoms. The van der Waals surface area contributed by atoms with Crippen molar-refractivity contribution < 1.29 is 24.3 Å². The van der Waals surface area contributed by atoms with E-state index in [-0.39, 0.29) is 24.8 Å². The second kappa shape index (κ2) is 15.4. The zero-order chi connectivity index (χ0) is 27.3. The molecule has 1 rings (SSSR count). The highest BCUT2D eigenvalue weighted by Crippen LogP contribution is 2.10. The summed E-state index contributed by atoms with van der Waals surface area (Å²) in [6.07, 6.45) is 1.33. The Morgan fingerprint density at radius 3 is 2.17 bits per heavy atom. The zero-order valence-electron chi connectivity index (χ0n) is 21.1. The van der Waals surface area contributed by atoms with Gasteiger partial charge in [0.15, 0.2) is 5.96 Å². The van der Waals surface area contributed by atoms with Crippen LogP contribution in [-0.4, -0.2) is 65.5 Å². The summed E-state index contributed by atoms with van der Waals surface area (Å²) in [5, 5.41) is 17.1. The van der Waals surface area contributed by atoms with Crippen molar-refractivity contribution in [2.24, 2.45) is 28.1 Å². The lowest BCUT2D eigenvalue weighted by Crippen LogP contribution is -2.58. The minimum atomic E-state index is -1.22. The van der Waals surface area contributed by atoms with Gasteiger partial charge in [0.2, 0.25) is 17.7 Å². The van der Waals surface area contributed by atoms with E-state index in [1.165, 1.54) is 6.92 Å². The summed E-state index contributed by atoms with van der Waals surface area (Å²) >= 11 is 0. The molecule has 0 radical (unpaired) electrons. The van der Waals surface area contributed by atoms with Gasteiger partial charge in [-0.25, -0.2) is 4.79 Å². The highest BCUT2D eigenvalue weighted by atomic mass is 16.4. The van der Waals surface area contributed by atoms with Crippen LogP contribution in [0.5, 0.6) is 0 Å². The maximum Gasteiger partial charge on any atom is 0.326 e. The van der Waals surface area contributed by atoms with E-state index in [0.717, 1.165) is 5.56 Å². The van der Waals surface area contributed by atoms with Gasteiger partial charge in [-0.1, -0.05) is 50.6 Å². The molecule has 0 aliphatic carbocycles. The van der Waals surface area contributed by atoms with Crippen molar-refractivity contribution in [3.63, 3.8) is 0 Å². The van der Waals surface area contributed by atoms with Gasteiger partial charge in [-0.3, -0.25) is 19.4 Å². The molecule has 0 fully saturated rings. The molecule has 0 bridgehead atoms. The summed E-state index contributed by atoms with van der Waals surface area (Å²) in [5.74, 6) is -3.28. The van der Waals surface area contributed by atoms with Crippen molar-refractivity contribution in [2.75, 3.05) is 6.54 Å². The Labute approximate surface area is 211 Å². The lowest BCUT2D eigenvalue weighted by atomic mass is 9.97. The van der Waals surface area contributed by atoms with Crippen LogP contribution in [0.2, 0.25) is 0 Å². The number of hydrogen-bond donors (Lipinski definition) is 7. The van der Waals surface area contributed by atoms with Gasteiger partial charge in [-0.05, 0) is 37.7 Å². The number of hydrogen-bond acceptors (Lipinski definition) is 6. The van der Waals surface area contributed by atoms with Crippen molar-refractivity contribution in [2.45, 2.75) is 70.6 Å². The van der Waals surface area contributed by atoms with E-state index in [1.807, 2.05) is 37.3 Å². The molecule has 0 aliphatic rings. The fraction of sp³-hybridized carbons (Fsp3) is 0.542. The van der Waals surface area contributed by atoms with Gasteiger partial charge in [-0.15, -0.1) is 0 Å². The lowest BCUT2D eigenvalue weighted by Gasteiger charge is -2.27. The number of nitrogens with zero attached hydrogens (tertiary/aromatic N) is 1. The quantitative estimate of drug-likeness (QED) is 0.0908. The summed E-state index contributed by atoms with van der Waals surface area (Å²) in [6.45, 7) is 5.32. The van der Waals surface area contributed by atoms with Crippen LogP contribution in [0.3, 0.4) is 0 Å². The molecule has 0 heterocycles. The smallest absolute Gasteiger partial charge is 0.326 e. The first kappa shape index (κ1) is 30.4. The van der Waals surface area contributed by atoms with E-state index >= 15 is 0 Å². The first-order valence-corrected chi connectivity index (χ1v) is 11.9. The van der Waals surface area contributed by atoms with Gasteiger partial charge >= 0.3 is 5.97 Å². The van der Waals surface area contributed by atoms with Crippen LogP contribution in [0.15, 0.2) is 35.3 Å². The van der Waals surface area contributed by atoms with E-state index in [2.05, 4.69) is 20.9 Å². The molecule has 0 aliphatic heterocycles. The van der Waals surface area contributed by atoms with Crippen LogP contribution in [0.1, 0.15) is 45.6 Å². The Hall–Kier alpha value is -3.67. The molecule has 5 unspecified atom stereocenters. The summed E-state index contributed by atoms with van der Waals surface area (Å²) in [7, 11) is 0. The number of nitrogens with one attached hydrogen (secondary N) is 3. The van der Waals surface area contributed by atoms with Crippen molar-refractivity contribution >= 4 is 29.7 Å². The van der Waals surface area contributed by atoms with Crippen LogP contribution in [0, 0.1) is 5.92 Å². The minimum Gasteiger partial charge on any atom is -0.480 e. The van der Waals surface area contributed by atoms with Crippen molar-refractivity contribution in [3.8, 4) is 0 Å². The van der Waals surface area contributed by atoms with Gasteiger partial charge < -0.3 is 38.3 Å². The number of carbonyl (C=O) groups is 4. The van der Waals surface area contributed by atoms with E-state index in [1.54, 1.807) is 6.92 Å². The number of amides is 3. The molecule has 12 heteroatoms. The number of carboxylic acids is 1. The molecule has 1 aromatic rings. The third-order valence-electron chi connectivity index (χ3n) is 5.74. The number of rotatable bonds is 15. The number of aliphatic imine (C=N–C) groups is 1. The van der Waals surface area contributed by atoms with Crippen LogP contribution >= 0.6 is 0 Å². The normalized spacial score (nSPS) is 14.9. The number of nitrogens with two attached hydrogens (primary N) is 3. The maximum absolute atomic E-state index is 13.0. The van der Waals surface area contributed by atoms with E-state index in [4.69, 9.17) is 17.2 Å². The van der Waals surface area contributed by atoms with Crippen molar-refractivity contribution in [1.82, 2.24) is 16.0 Å². The minimum absolute atomic E-state index is 0.101. The molecule has 200 valence electrons. The molecule has 10 N–H and O–H groups in total. The summed E-state index contributed by atoms with van der Waals surface area (Å²) in [4.78, 5) is 53.5. The molecule has 0 aromatic heterocycles. The lowest BCUT2D eigenvalue weighted by molar-refractivity contribution is -0.142. The third-order valence-corrected chi connectivity index (χ3v) is 5.74. The second-order valence-electron chi connectivity index (χ2n) is 8.75. The predicted molar refractivity (Wildman–Crippen MR) is 137 cm³/mol. The van der Waals surface area contributed by atoms with Crippen LogP contribution in [-0.2, 0) is 25.6 Å². The van der Waals surface area contributed by atoms with Crippen molar-refractivity contribution in [3.05, 3.63) is 35.9 Å². The Balaban J connectivity index is 2.74. The number of benzene rings is 1. The number of aliphatic carboxylic acids is 1. The predicted octanol–water partition coefficient (Wildman–Crippen LogP) is -0.785. The van der Waals surface area contributed by atoms with Gasteiger partial charge in [0, 0.05) is 6.54 Å². The van der Waals surface area contributed by atoms with Gasteiger partial charge in [-0.2, -0.15) is 0 Å². The molecule has 1 aromatic carbocycles. The van der Waals surface area contributed by atoms with Crippen molar-refractivity contribution in [1.29, 1.82) is 0 Å². The second-order valence-corrected chi connectivity index (χ2v) is 8.75. The van der Waals surface area contributed by atoms with Gasteiger partial charge in [0.25, 0.3) is 0 Å². The monoisotopic (exact) mass is 505 g/mol. The fourth-order valence-electron chi connectivity index (χ4n) is 3.35. The SMILES string of the molecule is CCC(C)C(NC(=O)C(N)Cc1ccccc1)C(=O)NC(C)C(=O)NC(CCCN=C(N)N)C(=O)O. The summed E-state index contributed by atoms with van der Waals surface area (Å²) in [6, 6.07) is 5.28. The van der Waals surface area contributed by atoms with Gasteiger partial charge in [0.1, 0.15) is 18.1 Å². The van der Waals surface area contributed by atoms with Crippen LogP contribution in [0.4, 0.5) is 0 Å². The van der Waals surface area contributed by atoms with E-state index in [9.17, 15) is 24.3 Å². The van der Waals surface area contributed by atoms with Crippen LogP contribution < -0.4 is 33.2 Å². The summed E-state index contributed by atoms with van der Waals surface area (Å²) in [5.41, 5.74) is 17.4. The number of guanidine groups is 1. The molecule has 3 amide bonds. The topological polar surface area (TPSA) is 215 Å². The average molecular weight is 506 g/mol. The van der Waals surface area contributed by atoms with Crippen LogP contribution in [0.25, 0.3) is 0 Å². The first-order chi connectivity index (χ1) is 17.0. The number of carboxylic acid groups (broad SMARTS) is 1. The maximum atomic E-state index is 13.0. The molecular formula is C24H39N7O5. The molecule has 0 saturated heterocycles. The Bertz CT molecular complexity index is 905. The Morgan fingerprint density at radius 2 is 1.61 bits per heavy atom. The number of carbonyl (C=O) groups excluding carboxylic acids is 3. The molecular weight excluding hydrogens is 466 g/mol. The highest BCUT2D eigenvalue weighted by molar-refractivity contribution is 5.94. The largest absolute Gasteiger partial charge is 0.480 e. The van der Waals surface area contributed by atoms with Gasteiger partial charge in [0.05, 0.1) is 6.04 Å². The molecule has 0 spiro atoms.